The molecule has 0 aromatic carbocycles. The number of anilines is 3. The van der Waals surface area contributed by atoms with E-state index < -0.39 is 0 Å². The summed E-state index contributed by atoms with van der Waals surface area (Å²) in [5, 5.41) is 9.65. The predicted molar refractivity (Wildman–Crippen MR) is 76.9 cm³/mol. The number of amides is 1. The molecule has 0 aliphatic heterocycles. The van der Waals surface area contributed by atoms with E-state index in [1.165, 1.54) is 0 Å². The second-order valence-electron chi connectivity index (χ2n) is 4.53. The largest absolute Gasteiger partial charge is 0.360 e. The number of hydrogen-bond acceptors (Lipinski definition) is 5. The molecule has 0 fully saturated rings. The number of hydrogen-bond donors (Lipinski definition) is 2. The van der Waals surface area contributed by atoms with E-state index in [2.05, 4.69) is 27.7 Å². The van der Waals surface area contributed by atoms with Gasteiger partial charge in [-0.1, -0.05) is 18.5 Å². The number of aryl methyl sites for hydroxylation is 1. The first-order valence-electron chi connectivity index (χ1n) is 6.63. The van der Waals surface area contributed by atoms with Gasteiger partial charge in [-0.25, -0.2) is 4.98 Å². The van der Waals surface area contributed by atoms with Crippen molar-refractivity contribution in [3.63, 3.8) is 0 Å². The molecule has 0 unspecified atom stereocenters. The van der Waals surface area contributed by atoms with Crippen molar-refractivity contribution in [1.29, 1.82) is 0 Å². The van der Waals surface area contributed by atoms with Gasteiger partial charge in [0.25, 0.3) is 0 Å². The Morgan fingerprint density at radius 3 is 2.80 bits per heavy atom. The van der Waals surface area contributed by atoms with Crippen LogP contribution in [-0.2, 0) is 4.79 Å². The SMILES string of the molecule is CCCCC(=O)Nc1ccc(Nc2cc(C)on2)cn1. The molecule has 2 rings (SSSR count). The Morgan fingerprint density at radius 2 is 2.20 bits per heavy atom. The minimum atomic E-state index is -0.00724. The van der Waals surface area contributed by atoms with Crippen LogP contribution in [0.5, 0.6) is 0 Å². The van der Waals surface area contributed by atoms with Crippen LogP contribution in [0.3, 0.4) is 0 Å². The van der Waals surface area contributed by atoms with Crippen molar-refractivity contribution >= 4 is 23.2 Å². The molecule has 2 heterocycles. The summed E-state index contributed by atoms with van der Waals surface area (Å²) in [6.07, 6.45) is 4.05. The minimum Gasteiger partial charge on any atom is -0.360 e. The molecule has 6 nitrogen and oxygen atoms in total. The van der Waals surface area contributed by atoms with Crippen LogP contribution in [0.15, 0.2) is 28.9 Å². The summed E-state index contributed by atoms with van der Waals surface area (Å²) in [5.74, 6) is 1.91. The van der Waals surface area contributed by atoms with Crippen LogP contribution in [0.1, 0.15) is 31.9 Å². The highest BCUT2D eigenvalue weighted by atomic mass is 16.5. The number of nitrogens with zero attached hydrogens (tertiary/aromatic N) is 2. The van der Waals surface area contributed by atoms with Gasteiger partial charge in [0.2, 0.25) is 5.91 Å². The summed E-state index contributed by atoms with van der Waals surface area (Å²) in [6.45, 7) is 3.88. The third-order valence-electron chi connectivity index (χ3n) is 2.69. The van der Waals surface area contributed by atoms with Gasteiger partial charge in [0.1, 0.15) is 11.6 Å². The van der Waals surface area contributed by atoms with Gasteiger partial charge in [-0.15, -0.1) is 0 Å². The van der Waals surface area contributed by atoms with Crippen LogP contribution in [0.4, 0.5) is 17.3 Å². The van der Waals surface area contributed by atoms with Crippen molar-refractivity contribution in [2.45, 2.75) is 33.1 Å². The Hall–Kier alpha value is -2.37. The van der Waals surface area contributed by atoms with Crippen LogP contribution < -0.4 is 10.6 Å². The number of pyridine rings is 1. The molecule has 2 aromatic rings. The maximum atomic E-state index is 11.6. The number of carbonyl (C=O) groups excluding carboxylic acids is 1. The first kappa shape index (κ1) is 14.0. The van der Waals surface area contributed by atoms with Gasteiger partial charge in [0.15, 0.2) is 5.82 Å². The normalized spacial score (nSPS) is 10.3. The van der Waals surface area contributed by atoms with E-state index in [1.807, 2.05) is 13.0 Å². The van der Waals surface area contributed by atoms with Crippen molar-refractivity contribution in [3.05, 3.63) is 30.2 Å². The van der Waals surface area contributed by atoms with Crippen LogP contribution in [0.2, 0.25) is 0 Å². The Labute approximate surface area is 117 Å². The molecule has 2 N–H and O–H groups in total. The van der Waals surface area contributed by atoms with Gasteiger partial charge in [-0.3, -0.25) is 4.79 Å². The topological polar surface area (TPSA) is 80.0 Å². The zero-order valence-corrected chi connectivity index (χ0v) is 11.6. The molecule has 0 spiro atoms. The monoisotopic (exact) mass is 274 g/mol. The smallest absolute Gasteiger partial charge is 0.225 e. The average molecular weight is 274 g/mol. The van der Waals surface area contributed by atoms with Gasteiger partial charge in [-0.2, -0.15) is 0 Å². The number of nitrogens with one attached hydrogen (secondary N) is 2. The summed E-state index contributed by atoms with van der Waals surface area (Å²) >= 11 is 0. The van der Waals surface area contributed by atoms with E-state index in [-0.39, 0.29) is 5.91 Å². The molecule has 6 heteroatoms. The highest BCUT2D eigenvalue weighted by molar-refractivity contribution is 5.89. The van der Waals surface area contributed by atoms with Gasteiger partial charge in [0, 0.05) is 12.5 Å². The summed E-state index contributed by atoms with van der Waals surface area (Å²) < 4.78 is 4.96. The average Bonchev–Trinajstić information content (AvgIpc) is 2.84. The molecule has 0 saturated heterocycles. The highest BCUT2D eigenvalue weighted by Crippen LogP contribution is 2.16. The summed E-state index contributed by atoms with van der Waals surface area (Å²) in [4.78, 5) is 15.7. The van der Waals surface area contributed by atoms with E-state index in [4.69, 9.17) is 4.52 Å². The molecule has 2 aromatic heterocycles. The van der Waals surface area contributed by atoms with Crippen molar-refractivity contribution in [1.82, 2.24) is 10.1 Å². The van der Waals surface area contributed by atoms with Crippen molar-refractivity contribution in [3.8, 4) is 0 Å². The van der Waals surface area contributed by atoms with Crippen LogP contribution >= 0.6 is 0 Å². The van der Waals surface area contributed by atoms with E-state index in [0.717, 1.165) is 24.3 Å². The molecule has 0 saturated carbocycles. The number of rotatable bonds is 6. The van der Waals surface area contributed by atoms with Gasteiger partial charge >= 0.3 is 0 Å². The number of carbonyl (C=O) groups is 1. The third kappa shape index (κ3) is 4.08. The maximum absolute atomic E-state index is 11.6. The Morgan fingerprint density at radius 1 is 1.35 bits per heavy atom. The lowest BCUT2D eigenvalue weighted by molar-refractivity contribution is -0.116. The fourth-order valence-corrected chi connectivity index (χ4v) is 1.66. The Kier molecular flexibility index (Phi) is 4.70. The molecule has 20 heavy (non-hydrogen) atoms. The zero-order valence-electron chi connectivity index (χ0n) is 11.6. The van der Waals surface area contributed by atoms with Crippen molar-refractivity contribution in [2.75, 3.05) is 10.6 Å². The first-order chi connectivity index (χ1) is 9.67. The fourth-order valence-electron chi connectivity index (χ4n) is 1.66. The van der Waals surface area contributed by atoms with Crippen LogP contribution in [-0.4, -0.2) is 16.0 Å². The molecule has 0 aliphatic carbocycles. The first-order valence-corrected chi connectivity index (χ1v) is 6.63. The molecular formula is C14H18N4O2. The minimum absolute atomic E-state index is 0.00724. The summed E-state index contributed by atoms with van der Waals surface area (Å²) in [5.41, 5.74) is 0.782. The second-order valence-corrected chi connectivity index (χ2v) is 4.53. The van der Waals surface area contributed by atoms with E-state index in [1.54, 1.807) is 18.3 Å². The molecule has 0 atom stereocenters. The molecule has 0 radical (unpaired) electrons. The molecule has 0 aliphatic rings. The molecule has 0 bridgehead atoms. The molecular weight excluding hydrogens is 256 g/mol. The number of aromatic nitrogens is 2. The van der Waals surface area contributed by atoms with E-state index in [9.17, 15) is 4.79 Å². The predicted octanol–water partition coefficient (Wildman–Crippen LogP) is 3.25. The van der Waals surface area contributed by atoms with E-state index in [0.29, 0.717) is 18.1 Å². The molecule has 106 valence electrons. The second kappa shape index (κ2) is 6.70. The standard InChI is InChI=1S/C14H18N4O2/c1-3-4-5-14(19)17-12-7-6-11(9-15-12)16-13-8-10(2)20-18-13/h6-9H,3-5H2,1-2H3,(H,16,18)(H,15,17,19). The Bertz CT molecular complexity index is 563. The number of unbranched alkanes of at least 4 members (excludes halogenated alkanes) is 1. The lowest BCUT2D eigenvalue weighted by atomic mass is 10.2. The lowest BCUT2D eigenvalue weighted by Crippen LogP contribution is -2.12. The van der Waals surface area contributed by atoms with Crippen molar-refractivity contribution in [2.24, 2.45) is 0 Å². The van der Waals surface area contributed by atoms with Crippen LogP contribution in [0.25, 0.3) is 0 Å². The fraction of sp³-hybridized carbons (Fsp3) is 0.357. The quantitative estimate of drug-likeness (QED) is 0.845. The summed E-state index contributed by atoms with van der Waals surface area (Å²) in [7, 11) is 0. The van der Waals surface area contributed by atoms with Crippen LogP contribution in [0, 0.1) is 6.92 Å². The van der Waals surface area contributed by atoms with E-state index >= 15 is 0 Å². The van der Waals surface area contributed by atoms with Gasteiger partial charge in [-0.05, 0) is 25.5 Å². The Balaban J connectivity index is 1.91. The van der Waals surface area contributed by atoms with Gasteiger partial charge < -0.3 is 15.2 Å². The van der Waals surface area contributed by atoms with Gasteiger partial charge in [0.05, 0.1) is 11.9 Å². The zero-order chi connectivity index (χ0) is 14.4. The van der Waals surface area contributed by atoms with Crippen molar-refractivity contribution < 1.29 is 9.32 Å². The molecule has 1 amide bonds. The lowest BCUT2D eigenvalue weighted by Gasteiger charge is -2.05. The third-order valence-corrected chi connectivity index (χ3v) is 2.69. The maximum Gasteiger partial charge on any atom is 0.225 e. The summed E-state index contributed by atoms with van der Waals surface area (Å²) in [6, 6.07) is 5.37. The highest BCUT2D eigenvalue weighted by Gasteiger charge is 2.04.